The van der Waals surface area contributed by atoms with Gasteiger partial charge in [-0.3, -0.25) is 14.5 Å². The molecule has 0 spiro atoms. The molecule has 0 saturated carbocycles. The van der Waals surface area contributed by atoms with Crippen molar-refractivity contribution < 1.29 is 14.3 Å². The second-order valence-electron chi connectivity index (χ2n) is 5.79. The maximum atomic E-state index is 12.3. The summed E-state index contributed by atoms with van der Waals surface area (Å²) in [5, 5.41) is 2.90. The number of carbonyl (C=O) groups excluding carboxylic acids is 2. The minimum absolute atomic E-state index is 0.0425. The van der Waals surface area contributed by atoms with Crippen LogP contribution < -0.4 is 5.32 Å². The van der Waals surface area contributed by atoms with Crippen molar-refractivity contribution in [3.05, 3.63) is 18.2 Å². The zero-order valence-electron chi connectivity index (χ0n) is 13.5. The molecule has 1 saturated heterocycles. The number of hydrogen-bond donors (Lipinski definition) is 1. The van der Waals surface area contributed by atoms with Gasteiger partial charge in [-0.2, -0.15) is 8.75 Å². The van der Waals surface area contributed by atoms with Crippen LogP contribution in [0.3, 0.4) is 0 Å². The van der Waals surface area contributed by atoms with Crippen LogP contribution in [0.1, 0.15) is 19.8 Å². The Labute approximate surface area is 144 Å². The molecule has 1 fully saturated rings. The van der Waals surface area contributed by atoms with Crippen molar-refractivity contribution >= 4 is 40.3 Å². The number of nitrogens with one attached hydrogen (secondary N) is 1. The number of benzene rings is 1. The Morgan fingerprint density at radius 2 is 2.12 bits per heavy atom. The molecule has 7 nitrogen and oxygen atoms in total. The summed E-state index contributed by atoms with van der Waals surface area (Å²) < 4.78 is 13.4. The molecule has 0 bridgehead atoms. The number of aromatic nitrogens is 2. The first-order valence-corrected chi connectivity index (χ1v) is 8.80. The first-order chi connectivity index (χ1) is 11.7. The van der Waals surface area contributed by atoms with Gasteiger partial charge in [-0.15, -0.1) is 0 Å². The molecule has 128 valence electrons. The Kier molecular flexibility index (Phi) is 5.37. The highest BCUT2D eigenvalue weighted by molar-refractivity contribution is 7.00. The van der Waals surface area contributed by atoms with Crippen molar-refractivity contribution in [2.45, 2.75) is 19.8 Å². The molecule has 1 aromatic heterocycles. The van der Waals surface area contributed by atoms with E-state index in [1.54, 1.807) is 0 Å². The third kappa shape index (κ3) is 3.88. The molecule has 8 heteroatoms. The van der Waals surface area contributed by atoms with Gasteiger partial charge in [0.05, 0.1) is 36.5 Å². The molecule has 3 rings (SSSR count). The Bertz CT molecular complexity index is 725. The number of likely N-dealkylation sites (tertiary alicyclic amines) is 1. The third-order valence-corrected chi connectivity index (χ3v) is 4.68. The van der Waals surface area contributed by atoms with Gasteiger partial charge in [-0.05, 0) is 45.0 Å². The van der Waals surface area contributed by atoms with Gasteiger partial charge in [0.1, 0.15) is 11.0 Å². The molecule has 1 aliphatic rings. The average Bonchev–Trinajstić information content (AvgIpc) is 3.05. The van der Waals surface area contributed by atoms with E-state index in [0.29, 0.717) is 18.8 Å². The molecule has 24 heavy (non-hydrogen) atoms. The van der Waals surface area contributed by atoms with Gasteiger partial charge in [0.2, 0.25) is 5.91 Å². The normalized spacial score (nSPS) is 16.2. The van der Waals surface area contributed by atoms with Crippen molar-refractivity contribution in [2.24, 2.45) is 5.92 Å². The molecule has 0 radical (unpaired) electrons. The van der Waals surface area contributed by atoms with E-state index in [4.69, 9.17) is 4.74 Å². The Hall–Kier alpha value is -2.06. The van der Waals surface area contributed by atoms with E-state index in [2.05, 4.69) is 19.0 Å². The van der Waals surface area contributed by atoms with Gasteiger partial charge in [-0.1, -0.05) is 6.07 Å². The Morgan fingerprint density at radius 3 is 2.88 bits per heavy atom. The average molecular weight is 348 g/mol. The fourth-order valence-corrected chi connectivity index (χ4v) is 3.44. The number of hydrogen-bond acceptors (Lipinski definition) is 7. The predicted molar refractivity (Wildman–Crippen MR) is 91.8 cm³/mol. The highest BCUT2D eigenvalue weighted by Gasteiger charge is 2.26. The second kappa shape index (κ2) is 7.67. The fourth-order valence-electron chi connectivity index (χ4n) is 2.89. The molecular formula is C16H20N4O3S. The lowest BCUT2D eigenvalue weighted by Gasteiger charge is -2.30. The van der Waals surface area contributed by atoms with E-state index < -0.39 is 0 Å². The van der Waals surface area contributed by atoms with E-state index in [-0.39, 0.29) is 17.8 Å². The van der Waals surface area contributed by atoms with Crippen LogP contribution in [0.2, 0.25) is 0 Å². The van der Waals surface area contributed by atoms with Crippen LogP contribution in [0.5, 0.6) is 0 Å². The topological polar surface area (TPSA) is 84.4 Å². The lowest BCUT2D eigenvalue weighted by molar-refractivity contribution is -0.149. The number of ether oxygens (including phenoxy) is 1. The number of nitrogens with zero attached hydrogens (tertiary/aromatic N) is 3. The molecule has 1 aliphatic heterocycles. The van der Waals surface area contributed by atoms with Gasteiger partial charge >= 0.3 is 5.97 Å². The van der Waals surface area contributed by atoms with Crippen LogP contribution in [-0.2, 0) is 14.3 Å². The molecule has 0 atom stereocenters. The summed E-state index contributed by atoms with van der Waals surface area (Å²) in [6, 6.07) is 5.55. The Balaban J connectivity index is 1.51. The third-order valence-electron chi connectivity index (χ3n) is 4.13. The fraction of sp³-hybridized carbons (Fsp3) is 0.500. The Morgan fingerprint density at radius 1 is 1.33 bits per heavy atom. The van der Waals surface area contributed by atoms with E-state index in [1.807, 2.05) is 25.1 Å². The van der Waals surface area contributed by atoms with Crippen molar-refractivity contribution in [1.82, 2.24) is 13.6 Å². The summed E-state index contributed by atoms with van der Waals surface area (Å²) in [5.74, 6) is -0.242. The van der Waals surface area contributed by atoms with Crippen LogP contribution >= 0.6 is 11.7 Å². The van der Waals surface area contributed by atoms with Gasteiger partial charge in [0, 0.05) is 0 Å². The maximum Gasteiger partial charge on any atom is 0.309 e. The second-order valence-corrected chi connectivity index (χ2v) is 6.32. The summed E-state index contributed by atoms with van der Waals surface area (Å²) in [6.07, 6.45) is 1.47. The smallest absolute Gasteiger partial charge is 0.309 e. The summed E-state index contributed by atoms with van der Waals surface area (Å²) in [6.45, 7) is 3.98. The van der Waals surface area contributed by atoms with Crippen molar-refractivity contribution in [2.75, 3.05) is 31.6 Å². The molecular weight excluding hydrogens is 328 g/mol. The van der Waals surface area contributed by atoms with Crippen LogP contribution in [0.4, 0.5) is 5.69 Å². The van der Waals surface area contributed by atoms with Crippen LogP contribution in [0.15, 0.2) is 18.2 Å². The molecule has 1 N–H and O–H groups in total. The number of rotatable bonds is 5. The van der Waals surface area contributed by atoms with Gasteiger partial charge < -0.3 is 10.1 Å². The SMILES string of the molecule is CCOC(=O)C1CCN(CC(=O)Nc2cccc3nsnc23)CC1. The zero-order valence-corrected chi connectivity index (χ0v) is 14.3. The largest absolute Gasteiger partial charge is 0.466 e. The van der Waals surface area contributed by atoms with Gasteiger partial charge in [0.25, 0.3) is 0 Å². The monoisotopic (exact) mass is 348 g/mol. The van der Waals surface area contributed by atoms with Gasteiger partial charge in [-0.25, -0.2) is 0 Å². The molecule has 0 aliphatic carbocycles. The van der Waals surface area contributed by atoms with E-state index >= 15 is 0 Å². The zero-order chi connectivity index (χ0) is 16.9. The van der Waals surface area contributed by atoms with Crippen molar-refractivity contribution in [3.8, 4) is 0 Å². The lowest BCUT2D eigenvalue weighted by atomic mass is 9.97. The molecule has 2 heterocycles. The van der Waals surface area contributed by atoms with Crippen molar-refractivity contribution in [3.63, 3.8) is 0 Å². The predicted octanol–water partition coefficient (Wildman–Crippen LogP) is 1.90. The highest BCUT2D eigenvalue weighted by atomic mass is 32.1. The minimum atomic E-state index is -0.121. The first-order valence-electron chi connectivity index (χ1n) is 8.07. The standard InChI is InChI=1S/C16H20N4O3S/c1-2-23-16(22)11-6-8-20(9-7-11)10-14(21)17-12-4-3-5-13-15(12)19-24-18-13/h3-5,11H,2,6-10H2,1H3,(H,17,21). The summed E-state index contributed by atoms with van der Waals surface area (Å²) in [4.78, 5) is 26.1. The number of fused-ring (bicyclic) bond motifs is 1. The number of amides is 1. The summed E-state index contributed by atoms with van der Waals surface area (Å²) in [7, 11) is 0. The number of esters is 1. The van der Waals surface area contributed by atoms with Gasteiger partial charge in [0.15, 0.2) is 0 Å². The van der Waals surface area contributed by atoms with Crippen LogP contribution in [0, 0.1) is 5.92 Å². The summed E-state index contributed by atoms with van der Waals surface area (Å²) in [5.41, 5.74) is 2.19. The van der Waals surface area contributed by atoms with E-state index in [9.17, 15) is 9.59 Å². The highest BCUT2D eigenvalue weighted by Crippen LogP contribution is 2.22. The number of anilines is 1. The quantitative estimate of drug-likeness (QED) is 0.831. The number of carbonyl (C=O) groups is 2. The maximum absolute atomic E-state index is 12.3. The molecule has 1 aromatic carbocycles. The molecule has 2 aromatic rings. The molecule has 0 unspecified atom stereocenters. The first kappa shape index (κ1) is 16.8. The van der Waals surface area contributed by atoms with Crippen molar-refractivity contribution in [1.29, 1.82) is 0 Å². The van der Waals surface area contributed by atoms with E-state index in [0.717, 1.165) is 48.7 Å². The number of piperidine rings is 1. The van der Waals surface area contributed by atoms with Crippen LogP contribution in [-0.4, -0.2) is 51.8 Å². The summed E-state index contributed by atoms with van der Waals surface area (Å²) >= 11 is 1.13. The minimum Gasteiger partial charge on any atom is -0.466 e. The van der Waals surface area contributed by atoms with Crippen LogP contribution in [0.25, 0.3) is 11.0 Å². The lowest BCUT2D eigenvalue weighted by Crippen LogP contribution is -2.41. The molecule has 1 amide bonds. The van der Waals surface area contributed by atoms with E-state index in [1.165, 1.54) is 0 Å².